The fourth-order valence-corrected chi connectivity index (χ4v) is 5.36. The van der Waals surface area contributed by atoms with Gasteiger partial charge in [0.15, 0.2) is 0 Å². The number of aryl methyl sites for hydroxylation is 3. The Kier molecular flexibility index (Phi) is 6.52. The molecular formula is C24H24ClN3O6S. The van der Waals surface area contributed by atoms with E-state index in [-0.39, 0.29) is 35.3 Å². The monoisotopic (exact) mass is 517 g/mol. The fraction of sp³-hybridized carbons (Fsp3) is 0.250. The summed E-state index contributed by atoms with van der Waals surface area (Å²) in [5, 5.41) is 0.398. The van der Waals surface area contributed by atoms with Crippen molar-refractivity contribution in [3.05, 3.63) is 81.1 Å². The highest BCUT2D eigenvalue weighted by atomic mass is 35.5. The van der Waals surface area contributed by atoms with Crippen LogP contribution in [0.2, 0.25) is 5.02 Å². The molecule has 11 heteroatoms. The summed E-state index contributed by atoms with van der Waals surface area (Å²) in [4.78, 5) is 24.3. The van der Waals surface area contributed by atoms with Crippen LogP contribution in [0.3, 0.4) is 0 Å². The van der Waals surface area contributed by atoms with E-state index >= 15 is 0 Å². The van der Waals surface area contributed by atoms with Gasteiger partial charge >= 0.3 is 11.7 Å². The van der Waals surface area contributed by atoms with Crippen LogP contribution in [0.5, 0.6) is 0 Å². The van der Waals surface area contributed by atoms with Crippen molar-refractivity contribution in [2.24, 2.45) is 14.1 Å². The molecule has 9 nitrogen and oxygen atoms in total. The van der Waals surface area contributed by atoms with Gasteiger partial charge in [0.2, 0.25) is 5.76 Å². The highest BCUT2D eigenvalue weighted by molar-refractivity contribution is 7.92. The lowest BCUT2D eigenvalue weighted by Crippen LogP contribution is -2.30. The van der Waals surface area contributed by atoms with Crippen LogP contribution in [0.4, 0.5) is 5.69 Å². The number of rotatable bonds is 7. The molecule has 0 saturated heterocycles. The zero-order chi connectivity index (χ0) is 25.5. The quantitative estimate of drug-likeness (QED) is 0.343. The highest BCUT2D eigenvalue weighted by Crippen LogP contribution is 2.31. The molecular weight excluding hydrogens is 494 g/mol. The van der Waals surface area contributed by atoms with Crippen molar-refractivity contribution in [1.82, 2.24) is 9.13 Å². The number of hydrogen-bond acceptors (Lipinski definition) is 6. The Labute approximate surface area is 207 Å². The van der Waals surface area contributed by atoms with Gasteiger partial charge in [0, 0.05) is 19.1 Å². The second-order valence-corrected chi connectivity index (χ2v) is 10.3. The molecule has 0 fully saturated rings. The number of nitrogens with zero attached hydrogens (tertiary/aromatic N) is 3. The number of ether oxygens (including phenoxy) is 1. The topological polar surface area (TPSA) is 104 Å². The highest BCUT2D eigenvalue weighted by Gasteiger charge is 2.28. The fourth-order valence-electron chi connectivity index (χ4n) is 3.74. The lowest BCUT2D eigenvalue weighted by Gasteiger charge is -2.24. The van der Waals surface area contributed by atoms with Gasteiger partial charge < -0.3 is 9.15 Å². The van der Waals surface area contributed by atoms with Crippen LogP contribution in [-0.4, -0.2) is 30.1 Å². The molecule has 0 spiro atoms. The third kappa shape index (κ3) is 4.46. The lowest BCUT2D eigenvalue weighted by molar-refractivity contribution is 0.0488. The zero-order valence-corrected chi connectivity index (χ0v) is 21.2. The van der Waals surface area contributed by atoms with Crippen molar-refractivity contribution >= 4 is 44.3 Å². The first-order chi connectivity index (χ1) is 16.5. The number of carbonyl (C=O) groups excluding carboxylic acids is 1. The minimum Gasteiger partial charge on any atom is -0.460 e. The predicted molar refractivity (Wildman–Crippen MR) is 132 cm³/mol. The zero-order valence-electron chi connectivity index (χ0n) is 19.6. The first kappa shape index (κ1) is 24.6. The Bertz CT molecular complexity index is 1600. The number of halogens is 1. The van der Waals surface area contributed by atoms with Crippen molar-refractivity contribution < 1.29 is 22.4 Å². The molecule has 2 aromatic carbocycles. The summed E-state index contributed by atoms with van der Waals surface area (Å²) in [6, 6.07) is 12.4. The van der Waals surface area contributed by atoms with E-state index in [2.05, 4.69) is 0 Å². The van der Waals surface area contributed by atoms with Crippen LogP contribution in [-0.2, 0) is 35.4 Å². The summed E-state index contributed by atoms with van der Waals surface area (Å²) in [5.74, 6) is -0.426. The molecule has 0 atom stereocenters. The molecule has 35 heavy (non-hydrogen) atoms. The number of sulfonamides is 1. The van der Waals surface area contributed by atoms with E-state index in [1.54, 1.807) is 45.3 Å². The Morgan fingerprint density at radius 1 is 1.06 bits per heavy atom. The smallest absolute Gasteiger partial charge is 0.374 e. The molecule has 0 radical (unpaired) electrons. The third-order valence-electron chi connectivity index (χ3n) is 5.71. The lowest BCUT2D eigenvalue weighted by atomic mass is 10.2. The number of esters is 1. The number of aromatic nitrogens is 2. The summed E-state index contributed by atoms with van der Waals surface area (Å²) in [6.45, 7) is 3.47. The Balaban J connectivity index is 1.82. The van der Waals surface area contributed by atoms with Gasteiger partial charge in [0.1, 0.15) is 5.76 Å². The first-order valence-corrected chi connectivity index (χ1v) is 12.6. The van der Waals surface area contributed by atoms with E-state index in [1.165, 1.54) is 33.4 Å². The van der Waals surface area contributed by atoms with Crippen LogP contribution < -0.4 is 9.99 Å². The minimum absolute atomic E-state index is 0.0138. The average molecular weight is 518 g/mol. The van der Waals surface area contributed by atoms with E-state index in [1.807, 2.05) is 6.92 Å². The molecule has 2 aromatic heterocycles. The van der Waals surface area contributed by atoms with Crippen molar-refractivity contribution in [2.45, 2.75) is 25.3 Å². The van der Waals surface area contributed by atoms with Crippen molar-refractivity contribution in [3.8, 4) is 0 Å². The first-order valence-electron chi connectivity index (χ1n) is 10.7. The third-order valence-corrected chi connectivity index (χ3v) is 7.89. The van der Waals surface area contributed by atoms with Gasteiger partial charge in [-0.3, -0.25) is 13.4 Å². The van der Waals surface area contributed by atoms with Crippen LogP contribution >= 0.6 is 11.6 Å². The number of fused-ring (bicyclic) bond motifs is 1. The van der Waals surface area contributed by atoms with Gasteiger partial charge in [0.25, 0.3) is 10.0 Å². The minimum atomic E-state index is -4.14. The van der Waals surface area contributed by atoms with Crippen molar-refractivity contribution in [2.75, 3.05) is 10.9 Å². The summed E-state index contributed by atoms with van der Waals surface area (Å²) in [6.07, 6.45) is 0. The number of carbonyl (C=O) groups is 1. The molecule has 184 valence electrons. The molecule has 0 unspecified atom stereocenters. The second-order valence-electron chi connectivity index (χ2n) is 7.98. The van der Waals surface area contributed by atoms with Gasteiger partial charge in [-0.05, 0) is 61.9 Å². The van der Waals surface area contributed by atoms with Crippen molar-refractivity contribution in [1.29, 1.82) is 0 Å². The normalized spacial score (nSPS) is 11.7. The SMILES string of the molecule is CCOC(=O)c1ccc(CN(c2ccc(C)c(Cl)c2)S(=O)(=O)c2ccc3c(c2)n(C)c(=O)n3C)o1. The summed E-state index contributed by atoms with van der Waals surface area (Å²) >= 11 is 6.31. The molecule has 0 aliphatic heterocycles. The van der Waals surface area contributed by atoms with Crippen LogP contribution in [0.1, 0.15) is 28.8 Å². The van der Waals surface area contributed by atoms with E-state index in [0.717, 1.165) is 9.87 Å². The van der Waals surface area contributed by atoms with Gasteiger partial charge in [0.05, 0.1) is 34.8 Å². The van der Waals surface area contributed by atoms with E-state index in [4.69, 9.17) is 20.8 Å². The van der Waals surface area contributed by atoms with Gasteiger partial charge in [-0.1, -0.05) is 17.7 Å². The van der Waals surface area contributed by atoms with E-state index in [0.29, 0.717) is 21.7 Å². The molecule has 2 heterocycles. The summed E-state index contributed by atoms with van der Waals surface area (Å²) in [5.41, 5.74) is 1.92. The number of furan rings is 1. The summed E-state index contributed by atoms with van der Waals surface area (Å²) in [7, 11) is -0.937. The Morgan fingerprint density at radius 2 is 1.77 bits per heavy atom. The van der Waals surface area contributed by atoms with E-state index < -0.39 is 16.0 Å². The molecule has 0 aliphatic rings. The summed E-state index contributed by atoms with van der Waals surface area (Å²) < 4.78 is 42.3. The maximum Gasteiger partial charge on any atom is 0.374 e. The van der Waals surface area contributed by atoms with Gasteiger partial charge in [-0.2, -0.15) is 0 Å². The maximum absolute atomic E-state index is 13.9. The molecule has 4 aromatic rings. The van der Waals surface area contributed by atoms with Crippen LogP contribution in [0.15, 0.2) is 62.6 Å². The molecule has 0 amide bonds. The van der Waals surface area contributed by atoms with Crippen molar-refractivity contribution in [3.63, 3.8) is 0 Å². The molecule has 0 aliphatic carbocycles. The maximum atomic E-state index is 13.9. The predicted octanol–water partition coefficient (Wildman–Crippen LogP) is 4.00. The standard InChI is InChI=1S/C24H24ClN3O6S/c1-5-33-23(29)22-11-8-17(34-22)14-28(16-7-6-15(2)19(25)12-16)35(31,32)18-9-10-20-21(13-18)27(4)24(30)26(20)3/h6-13H,5,14H2,1-4H3. The average Bonchev–Trinajstić information content (AvgIpc) is 3.39. The van der Waals surface area contributed by atoms with Gasteiger partial charge in [-0.15, -0.1) is 0 Å². The Hall–Kier alpha value is -3.50. The molecule has 4 rings (SSSR count). The number of hydrogen-bond donors (Lipinski definition) is 0. The van der Waals surface area contributed by atoms with Gasteiger partial charge in [-0.25, -0.2) is 18.0 Å². The van der Waals surface area contributed by atoms with Crippen LogP contribution in [0.25, 0.3) is 11.0 Å². The molecule has 0 saturated carbocycles. The molecule has 0 bridgehead atoms. The number of anilines is 1. The largest absolute Gasteiger partial charge is 0.460 e. The second kappa shape index (κ2) is 9.27. The molecule has 0 N–H and O–H groups in total. The Morgan fingerprint density at radius 3 is 2.46 bits per heavy atom. The van der Waals surface area contributed by atoms with E-state index in [9.17, 15) is 18.0 Å². The number of benzene rings is 2. The number of imidazole rings is 1. The van der Waals surface area contributed by atoms with Crippen LogP contribution in [0, 0.1) is 6.92 Å².